The topological polar surface area (TPSA) is 57.8 Å². The maximum absolute atomic E-state index is 9.48. The van der Waals surface area contributed by atoms with Gasteiger partial charge in [0.2, 0.25) is 5.69 Å². The normalized spacial score (nSPS) is 14.3. The molecule has 302 valence electrons. The van der Waals surface area contributed by atoms with Crippen LogP contribution in [0.4, 0.5) is 5.69 Å². The molecule has 0 spiro atoms. The molecule has 7 heteroatoms. The van der Waals surface area contributed by atoms with Crippen molar-refractivity contribution in [3.8, 4) is 51.2 Å². The molecule has 4 aromatic heterocycles. The summed E-state index contributed by atoms with van der Waals surface area (Å²) in [7, 11) is 0. The lowest BCUT2D eigenvalue weighted by Crippen LogP contribution is -2.10. The molecular formula is C58H35N7. The van der Waals surface area contributed by atoms with Crippen molar-refractivity contribution in [2.45, 2.75) is 0 Å². The van der Waals surface area contributed by atoms with E-state index in [-0.39, 0.29) is 184 Å². The highest BCUT2D eigenvalue weighted by Crippen LogP contribution is 2.49. The second-order valence-corrected chi connectivity index (χ2v) is 15.3. The fourth-order valence-corrected chi connectivity index (χ4v) is 9.14. The van der Waals surface area contributed by atoms with Crippen LogP contribution in [0, 0.1) is 6.57 Å². The molecule has 0 N–H and O–H groups in total. The van der Waals surface area contributed by atoms with Crippen LogP contribution < -0.4 is 0 Å². The van der Waals surface area contributed by atoms with Crippen LogP contribution in [0.3, 0.4) is 0 Å². The van der Waals surface area contributed by atoms with Gasteiger partial charge in [-0.2, -0.15) is 0 Å². The zero-order valence-corrected chi connectivity index (χ0v) is 33.9. The van der Waals surface area contributed by atoms with Crippen LogP contribution in [-0.4, -0.2) is 28.7 Å². The summed E-state index contributed by atoms with van der Waals surface area (Å²) in [6, 6.07) is 36.3. The van der Waals surface area contributed by atoms with E-state index >= 15 is 0 Å². The molecule has 0 amide bonds. The first-order chi connectivity index (χ1) is 37.1. The van der Waals surface area contributed by atoms with Crippen molar-refractivity contribution in [3.05, 3.63) is 223 Å². The van der Waals surface area contributed by atoms with E-state index in [4.69, 9.17) is 23.2 Å². The van der Waals surface area contributed by atoms with E-state index in [9.17, 15) is 14.8 Å². The van der Waals surface area contributed by atoms with Crippen LogP contribution in [0.1, 0.15) is 16.4 Å². The van der Waals surface area contributed by atoms with E-state index < -0.39 is 0 Å². The molecule has 0 bridgehead atoms. The summed E-state index contributed by atoms with van der Waals surface area (Å²) < 4.78 is 115. The number of fused-ring (bicyclic) bond motifs is 9. The molecule has 0 aliphatic rings. The molecule has 4 heterocycles. The van der Waals surface area contributed by atoms with Crippen LogP contribution in [0.25, 0.3) is 121 Å². The molecule has 13 aromatic rings. The van der Waals surface area contributed by atoms with E-state index in [0.29, 0.717) is 11.1 Å². The first-order valence-corrected chi connectivity index (χ1v) is 20.6. The minimum absolute atomic E-state index is 0.000719. The third-order valence-corrected chi connectivity index (χ3v) is 11.8. The lowest BCUT2D eigenvalue weighted by atomic mass is 10.0. The Morgan fingerprint density at radius 1 is 0.385 bits per heavy atom. The van der Waals surface area contributed by atoms with Gasteiger partial charge in [0.05, 0.1) is 78.7 Å². The molecule has 0 fully saturated rings. The predicted octanol–water partition coefficient (Wildman–Crippen LogP) is 14.7. The van der Waals surface area contributed by atoms with Gasteiger partial charge >= 0.3 is 0 Å². The standard InChI is InChI=1S/C58H35N7/c1-59-54-52(64-47-32-16-10-26-41(47)42-27-11-17-33-48(42)64)36-51(63-45-30-14-8-24-39(45)40-25-9-15-31-46(40)63)53(55(54)65-49-34-18-12-28-43(49)44-29-13-19-35-50(44)65)58-61-56(37-20-4-2-5-21-37)60-57(62-58)38-22-6-3-7-23-38/h2-36H/i14D,15D,16D,17D,18D,19D,24D,25D,26D,27D,28D,29D. The van der Waals surface area contributed by atoms with Gasteiger partial charge in [-0.1, -0.05) is 170 Å². The van der Waals surface area contributed by atoms with Crippen molar-refractivity contribution in [1.29, 1.82) is 0 Å². The van der Waals surface area contributed by atoms with Crippen LogP contribution in [-0.2, 0) is 0 Å². The molecule has 9 aromatic carbocycles. The number of nitrogens with zero attached hydrogens (tertiary/aromatic N) is 7. The van der Waals surface area contributed by atoms with Crippen LogP contribution in [0.5, 0.6) is 0 Å². The summed E-state index contributed by atoms with van der Waals surface area (Å²) in [5.74, 6) is 0.407. The Kier molecular flexibility index (Phi) is 5.88. The van der Waals surface area contributed by atoms with Crippen molar-refractivity contribution in [2.24, 2.45) is 0 Å². The number of rotatable bonds is 6. The summed E-state index contributed by atoms with van der Waals surface area (Å²) in [6.07, 6.45) is 0. The number of para-hydroxylation sites is 6. The summed E-state index contributed by atoms with van der Waals surface area (Å²) in [6.45, 7) is 9.48. The Labute approximate surface area is 390 Å². The lowest BCUT2D eigenvalue weighted by molar-refractivity contribution is 1.05. The van der Waals surface area contributed by atoms with Crippen LogP contribution in [0.15, 0.2) is 212 Å². The van der Waals surface area contributed by atoms with Crippen molar-refractivity contribution < 1.29 is 16.4 Å². The van der Waals surface area contributed by atoms with E-state index in [1.165, 1.54) is 72.8 Å². The fraction of sp³-hybridized carbons (Fsp3) is 0. The van der Waals surface area contributed by atoms with E-state index in [2.05, 4.69) is 4.85 Å². The average molecular weight is 842 g/mol. The quantitative estimate of drug-likeness (QED) is 0.157. The van der Waals surface area contributed by atoms with Crippen LogP contribution in [0.2, 0.25) is 0 Å². The lowest BCUT2D eigenvalue weighted by Gasteiger charge is -2.24. The summed E-state index contributed by atoms with van der Waals surface area (Å²) in [4.78, 5) is 19.9. The van der Waals surface area contributed by atoms with Gasteiger partial charge in [-0.05, 0) is 42.5 Å². The van der Waals surface area contributed by atoms with Crippen molar-refractivity contribution in [3.63, 3.8) is 0 Å². The smallest absolute Gasteiger partial charge is 0.234 e. The van der Waals surface area contributed by atoms with E-state index in [1.54, 1.807) is 19.8 Å². The number of aromatic nitrogens is 6. The monoisotopic (exact) mass is 841 g/mol. The van der Waals surface area contributed by atoms with Crippen molar-refractivity contribution >= 4 is 71.1 Å². The summed E-state index contributed by atoms with van der Waals surface area (Å²) in [5.41, 5.74) is 2.72. The van der Waals surface area contributed by atoms with Crippen LogP contribution >= 0.6 is 0 Å². The zero-order valence-electron chi connectivity index (χ0n) is 45.9. The Balaban J connectivity index is 1.38. The molecule has 0 aliphatic carbocycles. The third-order valence-electron chi connectivity index (χ3n) is 11.8. The largest absolute Gasteiger partial charge is 0.319 e. The first kappa shape index (κ1) is 26.4. The molecule has 7 nitrogen and oxygen atoms in total. The van der Waals surface area contributed by atoms with Gasteiger partial charge in [-0.25, -0.2) is 19.8 Å². The molecule has 65 heavy (non-hydrogen) atoms. The summed E-state index contributed by atoms with van der Waals surface area (Å²) >= 11 is 0. The Morgan fingerprint density at radius 3 is 1.09 bits per heavy atom. The van der Waals surface area contributed by atoms with E-state index in [1.807, 2.05) is 60.7 Å². The SMILES string of the molecule is [2H]c1cc([2H])c2c3c([2H])cc([2H])cc3n(-c3cc(-n4c5cc([2H])cc([2H])c5c5c([2H])cc([2H])cc54)c(-c4nc(-c5ccccc5)nc(-c5ccccc5)n4)c(-n4c5cc([2H])cc([2H])c5c5c([2H])cc([2H])cc54)c3[N+]#[C-])c2c1. The zero-order chi connectivity index (χ0) is 53.5. The maximum atomic E-state index is 9.48. The molecule has 13 rings (SSSR count). The highest BCUT2D eigenvalue weighted by molar-refractivity contribution is 6.14. The Bertz CT molecular complexity index is 4540. The van der Waals surface area contributed by atoms with Gasteiger partial charge in [0, 0.05) is 43.4 Å². The maximum Gasteiger partial charge on any atom is 0.234 e. The Hall–Kier alpha value is -9.12. The van der Waals surface area contributed by atoms with E-state index in [0.717, 1.165) is 0 Å². The first-order valence-electron chi connectivity index (χ1n) is 26.6. The predicted molar refractivity (Wildman–Crippen MR) is 265 cm³/mol. The average Bonchev–Trinajstić information content (AvgIpc) is 4.03. The Morgan fingerprint density at radius 2 is 0.723 bits per heavy atom. The van der Waals surface area contributed by atoms with Gasteiger partial charge in [-0.15, -0.1) is 0 Å². The minimum Gasteiger partial charge on any atom is -0.319 e. The number of hydrogen-bond donors (Lipinski definition) is 0. The number of hydrogen-bond acceptors (Lipinski definition) is 3. The van der Waals surface area contributed by atoms with Gasteiger partial charge in [0.15, 0.2) is 17.5 Å². The fourth-order valence-electron chi connectivity index (χ4n) is 9.14. The molecule has 0 atom stereocenters. The second kappa shape index (κ2) is 14.5. The van der Waals surface area contributed by atoms with Gasteiger partial charge in [0.1, 0.15) is 0 Å². The summed E-state index contributed by atoms with van der Waals surface area (Å²) in [5, 5.41) is 1.55. The highest BCUT2D eigenvalue weighted by atomic mass is 15.1. The van der Waals surface area contributed by atoms with Crippen molar-refractivity contribution in [1.82, 2.24) is 28.7 Å². The van der Waals surface area contributed by atoms with Gasteiger partial charge in [-0.3, -0.25) is 0 Å². The molecule has 0 saturated heterocycles. The van der Waals surface area contributed by atoms with Gasteiger partial charge in [0.25, 0.3) is 0 Å². The molecule has 0 unspecified atom stereocenters. The third kappa shape index (κ3) is 5.51. The molecule has 0 saturated carbocycles. The minimum atomic E-state index is -0.151. The molecular weight excluding hydrogens is 795 g/mol. The van der Waals surface area contributed by atoms with Crippen molar-refractivity contribution in [2.75, 3.05) is 0 Å². The second-order valence-electron chi connectivity index (χ2n) is 15.3. The van der Waals surface area contributed by atoms with Gasteiger partial charge < -0.3 is 13.7 Å². The number of benzene rings is 9. The molecule has 0 radical (unpaired) electrons. The highest BCUT2D eigenvalue weighted by Gasteiger charge is 2.31. The molecule has 0 aliphatic heterocycles.